The van der Waals surface area contributed by atoms with Crippen LogP contribution < -0.4 is 4.90 Å². The molecule has 0 saturated heterocycles. The fourth-order valence-electron chi connectivity index (χ4n) is 3.46. The monoisotopic (exact) mass is 473 g/mol. The summed E-state index contributed by atoms with van der Waals surface area (Å²) in [5.74, 6) is 5.08. The number of hydrogen-bond acceptors (Lipinski definition) is 4. The molecule has 0 unspecified atom stereocenters. The second kappa shape index (κ2) is 8.89. The van der Waals surface area contributed by atoms with Gasteiger partial charge in [0, 0.05) is 11.3 Å². The molecule has 0 amide bonds. The van der Waals surface area contributed by atoms with E-state index in [1.807, 2.05) is 0 Å². The van der Waals surface area contributed by atoms with Crippen molar-refractivity contribution in [3.05, 3.63) is 59.7 Å². The first-order valence-electron chi connectivity index (χ1n) is 10.4. The molecule has 4 aromatic rings. The zero-order chi connectivity index (χ0) is 24.6. The van der Waals surface area contributed by atoms with Crippen molar-refractivity contribution in [1.82, 2.24) is 19.6 Å². The van der Waals surface area contributed by atoms with Crippen molar-refractivity contribution in [1.29, 1.82) is 0 Å². The second-order valence-electron chi connectivity index (χ2n) is 8.28. The van der Waals surface area contributed by atoms with Crippen molar-refractivity contribution in [2.75, 3.05) is 11.4 Å². The Balaban J connectivity index is 1.92. The molecule has 0 atom stereocenters. The Labute approximate surface area is 192 Å². The van der Waals surface area contributed by atoms with Crippen LogP contribution in [-0.2, 0) is 0 Å². The van der Waals surface area contributed by atoms with Gasteiger partial charge in [-0.05, 0) is 51.1 Å². The summed E-state index contributed by atoms with van der Waals surface area (Å²) >= 11 is 0. The minimum atomic E-state index is -2.79. The smallest absolute Gasteiger partial charge is 0.257 e. The summed E-state index contributed by atoms with van der Waals surface area (Å²) in [5.41, 5.74) is -0.582. The van der Waals surface area contributed by atoms with Crippen LogP contribution in [0.5, 0.6) is 0 Å². The van der Waals surface area contributed by atoms with Crippen LogP contribution in [0.3, 0.4) is 0 Å². The SMILES string of the molecule is Cc1nnc2nc(N(CC(F)F)c3cccc(C#CC(C)(C)C(F)F)c3)c3c(F)cccc3n12. The predicted molar refractivity (Wildman–Crippen MR) is 119 cm³/mol. The molecular formula is C24H20F5N5. The lowest BCUT2D eigenvalue weighted by atomic mass is 9.95. The highest BCUT2D eigenvalue weighted by Gasteiger charge is 2.27. The molecule has 0 N–H and O–H groups in total. The van der Waals surface area contributed by atoms with Gasteiger partial charge in [0.25, 0.3) is 18.6 Å². The van der Waals surface area contributed by atoms with Crippen LogP contribution in [0.25, 0.3) is 16.7 Å². The van der Waals surface area contributed by atoms with Crippen LogP contribution in [0, 0.1) is 30.0 Å². The molecule has 34 heavy (non-hydrogen) atoms. The van der Waals surface area contributed by atoms with Gasteiger partial charge in [-0.3, -0.25) is 4.40 Å². The molecule has 2 aromatic heterocycles. The molecule has 0 fully saturated rings. The Morgan fingerprint density at radius 3 is 2.50 bits per heavy atom. The molecule has 0 spiro atoms. The highest BCUT2D eigenvalue weighted by atomic mass is 19.3. The van der Waals surface area contributed by atoms with Gasteiger partial charge < -0.3 is 4.90 Å². The minimum absolute atomic E-state index is 0.0221. The zero-order valence-corrected chi connectivity index (χ0v) is 18.5. The van der Waals surface area contributed by atoms with Crippen LogP contribution in [0.4, 0.5) is 33.5 Å². The van der Waals surface area contributed by atoms with Crippen molar-refractivity contribution < 1.29 is 22.0 Å². The number of fused-ring (bicyclic) bond motifs is 3. The lowest BCUT2D eigenvalue weighted by Crippen LogP contribution is -2.25. The topological polar surface area (TPSA) is 46.3 Å². The third kappa shape index (κ3) is 4.38. The summed E-state index contributed by atoms with van der Waals surface area (Å²) in [5, 5.41) is 7.97. The first kappa shape index (κ1) is 23.4. The Bertz CT molecular complexity index is 1420. The first-order valence-corrected chi connectivity index (χ1v) is 10.4. The van der Waals surface area contributed by atoms with Gasteiger partial charge in [-0.25, -0.2) is 22.0 Å². The number of anilines is 2. The third-order valence-corrected chi connectivity index (χ3v) is 5.28. The van der Waals surface area contributed by atoms with Gasteiger partial charge in [0.05, 0.1) is 22.9 Å². The fraction of sp³-hybridized carbons (Fsp3) is 0.292. The molecule has 0 aliphatic heterocycles. The van der Waals surface area contributed by atoms with Crippen molar-refractivity contribution >= 4 is 28.2 Å². The van der Waals surface area contributed by atoms with E-state index in [0.29, 0.717) is 16.9 Å². The molecule has 2 heterocycles. The van der Waals surface area contributed by atoms with Gasteiger partial charge in [0.15, 0.2) is 0 Å². The Morgan fingerprint density at radius 2 is 1.79 bits per heavy atom. The van der Waals surface area contributed by atoms with E-state index < -0.39 is 30.6 Å². The maximum Gasteiger partial charge on any atom is 0.257 e. The number of hydrogen-bond donors (Lipinski definition) is 0. The summed E-state index contributed by atoms with van der Waals surface area (Å²) in [6, 6.07) is 10.5. The van der Waals surface area contributed by atoms with E-state index in [0.717, 1.165) is 0 Å². The number of rotatable bonds is 5. The molecule has 2 aromatic carbocycles. The van der Waals surface area contributed by atoms with Gasteiger partial charge in [0.2, 0.25) is 0 Å². The largest absolute Gasteiger partial charge is 0.320 e. The lowest BCUT2D eigenvalue weighted by molar-refractivity contribution is 0.0570. The van der Waals surface area contributed by atoms with Crippen LogP contribution in [0.1, 0.15) is 25.2 Å². The average molecular weight is 473 g/mol. The number of benzene rings is 2. The zero-order valence-electron chi connectivity index (χ0n) is 18.5. The summed E-state index contributed by atoms with van der Waals surface area (Å²) in [7, 11) is 0. The second-order valence-corrected chi connectivity index (χ2v) is 8.28. The van der Waals surface area contributed by atoms with E-state index >= 15 is 4.39 Å². The molecule has 4 rings (SSSR count). The maximum absolute atomic E-state index is 15.0. The van der Waals surface area contributed by atoms with Gasteiger partial charge in [-0.2, -0.15) is 4.98 Å². The standard InChI is InChI=1S/C24H20F5N5/c1-14-31-32-23-30-21(20-17(25)8-5-9-18(20)34(14)23)33(13-19(26)27)16-7-4-6-15(12-16)10-11-24(2,3)22(28)29/h4-9,12,19,22H,13H2,1-3H3. The van der Waals surface area contributed by atoms with E-state index in [1.54, 1.807) is 31.2 Å². The molecule has 0 saturated carbocycles. The summed E-state index contributed by atoms with van der Waals surface area (Å²) in [4.78, 5) is 5.53. The van der Waals surface area contributed by atoms with Crippen LogP contribution in [0.15, 0.2) is 42.5 Å². The number of aromatic nitrogens is 4. The Kier molecular flexibility index (Phi) is 6.13. The first-order chi connectivity index (χ1) is 16.1. The van der Waals surface area contributed by atoms with Crippen LogP contribution in [-0.4, -0.2) is 39.0 Å². The molecule has 0 radical (unpaired) electrons. The molecule has 10 heteroatoms. The molecule has 0 aliphatic rings. The van der Waals surface area contributed by atoms with Crippen molar-refractivity contribution in [2.24, 2.45) is 5.41 Å². The van der Waals surface area contributed by atoms with E-state index in [1.165, 1.54) is 41.3 Å². The van der Waals surface area contributed by atoms with E-state index in [4.69, 9.17) is 0 Å². The quantitative estimate of drug-likeness (QED) is 0.273. The molecular weight excluding hydrogens is 453 g/mol. The molecule has 0 aliphatic carbocycles. The van der Waals surface area contributed by atoms with Crippen molar-refractivity contribution in [3.63, 3.8) is 0 Å². The van der Waals surface area contributed by atoms with E-state index in [-0.39, 0.29) is 22.7 Å². The van der Waals surface area contributed by atoms with Crippen molar-refractivity contribution in [2.45, 2.75) is 33.6 Å². The summed E-state index contributed by atoms with van der Waals surface area (Å²) in [6.45, 7) is 3.50. The highest BCUT2D eigenvalue weighted by molar-refractivity contribution is 5.94. The summed E-state index contributed by atoms with van der Waals surface area (Å²) < 4.78 is 70.2. The Hall–Kier alpha value is -3.74. The van der Waals surface area contributed by atoms with Gasteiger partial charge in [-0.15, -0.1) is 10.2 Å². The predicted octanol–water partition coefficient (Wildman–Crippen LogP) is 5.77. The van der Waals surface area contributed by atoms with Crippen LogP contribution >= 0.6 is 0 Å². The fourth-order valence-corrected chi connectivity index (χ4v) is 3.46. The maximum atomic E-state index is 15.0. The highest BCUT2D eigenvalue weighted by Crippen LogP contribution is 2.34. The lowest BCUT2D eigenvalue weighted by Gasteiger charge is -2.25. The minimum Gasteiger partial charge on any atom is -0.320 e. The number of nitrogens with zero attached hydrogens (tertiary/aromatic N) is 5. The molecule has 5 nitrogen and oxygen atoms in total. The number of aryl methyl sites for hydroxylation is 1. The Morgan fingerprint density at radius 1 is 1.06 bits per heavy atom. The normalized spacial score (nSPS) is 11.9. The van der Waals surface area contributed by atoms with Gasteiger partial charge in [-0.1, -0.05) is 24.0 Å². The van der Waals surface area contributed by atoms with Gasteiger partial charge in [0.1, 0.15) is 17.5 Å². The average Bonchev–Trinajstić information content (AvgIpc) is 3.16. The summed E-state index contributed by atoms with van der Waals surface area (Å²) in [6.07, 6.45) is -5.44. The van der Waals surface area contributed by atoms with Crippen LogP contribution in [0.2, 0.25) is 0 Å². The third-order valence-electron chi connectivity index (χ3n) is 5.28. The van der Waals surface area contributed by atoms with Crippen molar-refractivity contribution in [3.8, 4) is 11.8 Å². The molecule has 176 valence electrons. The number of halogens is 5. The van der Waals surface area contributed by atoms with E-state index in [9.17, 15) is 17.6 Å². The van der Waals surface area contributed by atoms with Gasteiger partial charge >= 0.3 is 0 Å². The molecule has 0 bridgehead atoms. The number of alkyl halides is 4. The van der Waals surface area contributed by atoms with E-state index in [2.05, 4.69) is 27.0 Å².